The van der Waals surface area contributed by atoms with Crippen molar-refractivity contribution in [1.82, 2.24) is 10.6 Å². The van der Waals surface area contributed by atoms with E-state index in [1.165, 1.54) is 7.11 Å². The maximum atomic E-state index is 11.8. The summed E-state index contributed by atoms with van der Waals surface area (Å²) in [7, 11) is 1.53. The standard InChI is InChI=1S/C15H22ClN3O3/c1-9(2)14(17)15(21)19-8-13(20)18-7-10-11(16)5-4-6-12(10)22-3/h4-6,9,14H,7-8,17H2,1-3H3,(H,18,20)(H,19,21)/t14-/m0/s1. The monoisotopic (exact) mass is 327 g/mol. The number of hydrogen-bond donors (Lipinski definition) is 3. The normalized spacial score (nSPS) is 11.9. The van der Waals surface area contributed by atoms with Crippen molar-refractivity contribution in [3.63, 3.8) is 0 Å². The predicted octanol–water partition coefficient (Wildman–Crippen LogP) is 1.06. The zero-order valence-electron chi connectivity index (χ0n) is 13.0. The molecule has 0 aliphatic carbocycles. The number of nitrogens with two attached hydrogens (primary N) is 1. The van der Waals surface area contributed by atoms with E-state index in [1.807, 2.05) is 13.8 Å². The number of halogens is 1. The second-order valence-electron chi connectivity index (χ2n) is 5.18. The zero-order chi connectivity index (χ0) is 16.7. The van der Waals surface area contributed by atoms with Gasteiger partial charge in [-0.1, -0.05) is 31.5 Å². The molecular weight excluding hydrogens is 306 g/mol. The minimum atomic E-state index is -0.628. The van der Waals surface area contributed by atoms with Crippen LogP contribution in [-0.4, -0.2) is 31.5 Å². The van der Waals surface area contributed by atoms with Crippen molar-refractivity contribution >= 4 is 23.4 Å². The lowest BCUT2D eigenvalue weighted by atomic mass is 10.1. The fourth-order valence-electron chi connectivity index (χ4n) is 1.74. The first-order chi connectivity index (χ1) is 10.4. The molecule has 1 rings (SSSR count). The number of methoxy groups -OCH3 is 1. The molecule has 6 nitrogen and oxygen atoms in total. The van der Waals surface area contributed by atoms with Gasteiger partial charge in [0.25, 0.3) is 0 Å². The van der Waals surface area contributed by atoms with Crippen LogP contribution in [0.1, 0.15) is 19.4 Å². The summed E-state index contributed by atoms with van der Waals surface area (Å²) in [6, 6.07) is 4.61. The van der Waals surface area contributed by atoms with Crippen LogP contribution in [0, 0.1) is 5.92 Å². The summed E-state index contributed by atoms with van der Waals surface area (Å²) >= 11 is 6.08. The van der Waals surface area contributed by atoms with E-state index in [-0.39, 0.29) is 30.8 Å². The van der Waals surface area contributed by atoms with Gasteiger partial charge < -0.3 is 21.1 Å². The molecule has 0 fully saturated rings. The Kier molecular flexibility index (Phi) is 7.14. The highest BCUT2D eigenvalue weighted by Gasteiger charge is 2.17. The number of nitrogens with one attached hydrogen (secondary N) is 2. The fraction of sp³-hybridized carbons (Fsp3) is 0.467. The molecule has 122 valence electrons. The number of rotatable bonds is 7. The van der Waals surface area contributed by atoms with E-state index in [0.29, 0.717) is 16.3 Å². The zero-order valence-corrected chi connectivity index (χ0v) is 13.7. The second-order valence-corrected chi connectivity index (χ2v) is 5.59. The Balaban J connectivity index is 2.49. The highest BCUT2D eigenvalue weighted by Crippen LogP contribution is 2.25. The number of hydrogen-bond acceptors (Lipinski definition) is 4. The topological polar surface area (TPSA) is 93.5 Å². The van der Waals surface area contributed by atoms with Crippen LogP contribution < -0.4 is 21.1 Å². The average molecular weight is 328 g/mol. The van der Waals surface area contributed by atoms with Crippen molar-refractivity contribution in [3.8, 4) is 5.75 Å². The summed E-state index contributed by atoms with van der Waals surface area (Å²) in [4.78, 5) is 23.4. The maximum Gasteiger partial charge on any atom is 0.239 e. The number of amides is 2. The molecule has 0 heterocycles. The summed E-state index contributed by atoms with van der Waals surface area (Å²) in [6.45, 7) is 3.77. The van der Waals surface area contributed by atoms with Gasteiger partial charge in [0, 0.05) is 17.1 Å². The van der Waals surface area contributed by atoms with Crippen molar-refractivity contribution < 1.29 is 14.3 Å². The third-order valence-electron chi connectivity index (χ3n) is 3.20. The van der Waals surface area contributed by atoms with Crippen LogP contribution in [0.2, 0.25) is 5.02 Å². The molecule has 7 heteroatoms. The quantitative estimate of drug-likeness (QED) is 0.698. The van der Waals surface area contributed by atoms with Crippen molar-refractivity contribution in [3.05, 3.63) is 28.8 Å². The third-order valence-corrected chi connectivity index (χ3v) is 3.56. The van der Waals surface area contributed by atoms with E-state index < -0.39 is 6.04 Å². The summed E-state index contributed by atoms with van der Waals surface area (Å²) in [6.07, 6.45) is 0. The van der Waals surface area contributed by atoms with Gasteiger partial charge in [-0.2, -0.15) is 0 Å². The molecule has 2 amide bonds. The molecule has 0 spiro atoms. The Hall–Kier alpha value is -1.79. The minimum Gasteiger partial charge on any atom is -0.496 e. The minimum absolute atomic E-state index is 0.00967. The summed E-state index contributed by atoms with van der Waals surface area (Å²) in [5.41, 5.74) is 6.38. The van der Waals surface area contributed by atoms with Gasteiger partial charge in [-0.05, 0) is 18.1 Å². The van der Waals surface area contributed by atoms with E-state index in [2.05, 4.69) is 10.6 Å². The molecule has 0 saturated carbocycles. The molecule has 4 N–H and O–H groups in total. The van der Waals surface area contributed by atoms with Crippen LogP contribution in [0.25, 0.3) is 0 Å². The first kappa shape index (κ1) is 18.3. The van der Waals surface area contributed by atoms with E-state index in [4.69, 9.17) is 22.1 Å². The van der Waals surface area contributed by atoms with Crippen molar-refractivity contribution in [1.29, 1.82) is 0 Å². The Bertz CT molecular complexity index is 535. The Morgan fingerprint density at radius 1 is 1.32 bits per heavy atom. The smallest absolute Gasteiger partial charge is 0.239 e. The van der Waals surface area contributed by atoms with Gasteiger partial charge >= 0.3 is 0 Å². The van der Waals surface area contributed by atoms with E-state index in [9.17, 15) is 9.59 Å². The summed E-state index contributed by atoms with van der Waals surface area (Å²) in [5, 5.41) is 5.69. The Labute approximate surface area is 135 Å². The van der Waals surface area contributed by atoms with Crippen LogP contribution in [0.5, 0.6) is 5.75 Å². The van der Waals surface area contributed by atoms with E-state index >= 15 is 0 Å². The fourth-order valence-corrected chi connectivity index (χ4v) is 1.97. The molecule has 0 unspecified atom stereocenters. The third kappa shape index (κ3) is 5.20. The predicted molar refractivity (Wildman–Crippen MR) is 85.7 cm³/mol. The van der Waals surface area contributed by atoms with Crippen molar-refractivity contribution in [2.75, 3.05) is 13.7 Å². The molecule has 0 bridgehead atoms. The lowest BCUT2D eigenvalue weighted by Gasteiger charge is -2.15. The molecule has 0 aliphatic rings. The molecule has 22 heavy (non-hydrogen) atoms. The van der Waals surface area contributed by atoms with Crippen molar-refractivity contribution in [2.45, 2.75) is 26.4 Å². The molecule has 0 radical (unpaired) electrons. The number of benzene rings is 1. The van der Waals surface area contributed by atoms with Gasteiger partial charge in [0.2, 0.25) is 11.8 Å². The van der Waals surface area contributed by atoms with E-state index in [0.717, 1.165) is 0 Å². The van der Waals surface area contributed by atoms with Crippen molar-refractivity contribution in [2.24, 2.45) is 11.7 Å². The van der Waals surface area contributed by atoms with Gasteiger partial charge in [-0.15, -0.1) is 0 Å². The maximum absolute atomic E-state index is 11.8. The highest BCUT2D eigenvalue weighted by molar-refractivity contribution is 6.31. The van der Waals surface area contributed by atoms with Crippen LogP contribution in [0.3, 0.4) is 0 Å². The summed E-state index contributed by atoms with van der Waals surface area (Å²) in [5.74, 6) is -0.0686. The molecular formula is C15H22ClN3O3. The van der Waals surface area contributed by atoms with Gasteiger partial charge in [0.1, 0.15) is 5.75 Å². The number of carbonyl (C=O) groups excluding carboxylic acids is 2. The molecule has 1 aromatic rings. The average Bonchev–Trinajstić information content (AvgIpc) is 2.50. The van der Waals surface area contributed by atoms with Crippen LogP contribution in [0.4, 0.5) is 0 Å². The number of carbonyl (C=O) groups is 2. The first-order valence-electron chi connectivity index (χ1n) is 6.98. The SMILES string of the molecule is COc1cccc(Cl)c1CNC(=O)CNC(=O)[C@@H](N)C(C)C. The van der Waals surface area contributed by atoms with Crippen LogP contribution in [-0.2, 0) is 16.1 Å². The van der Waals surface area contributed by atoms with Crippen LogP contribution in [0.15, 0.2) is 18.2 Å². The first-order valence-corrected chi connectivity index (χ1v) is 7.36. The highest BCUT2D eigenvalue weighted by atomic mass is 35.5. The number of ether oxygens (including phenoxy) is 1. The van der Waals surface area contributed by atoms with Gasteiger partial charge in [-0.25, -0.2) is 0 Å². The molecule has 0 saturated heterocycles. The Morgan fingerprint density at radius 2 is 2.00 bits per heavy atom. The Morgan fingerprint density at radius 3 is 2.59 bits per heavy atom. The lowest BCUT2D eigenvalue weighted by Crippen LogP contribution is -2.47. The second kappa shape index (κ2) is 8.60. The lowest BCUT2D eigenvalue weighted by molar-refractivity contribution is -0.127. The van der Waals surface area contributed by atoms with Crippen LogP contribution >= 0.6 is 11.6 Å². The van der Waals surface area contributed by atoms with E-state index in [1.54, 1.807) is 18.2 Å². The molecule has 1 aromatic carbocycles. The molecule has 0 aromatic heterocycles. The van der Waals surface area contributed by atoms with Gasteiger partial charge in [0.15, 0.2) is 0 Å². The largest absolute Gasteiger partial charge is 0.496 e. The van der Waals surface area contributed by atoms with Gasteiger partial charge in [0.05, 0.1) is 19.7 Å². The van der Waals surface area contributed by atoms with Gasteiger partial charge in [-0.3, -0.25) is 9.59 Å². The molecule has 0 aliphatic heterocycles. The molecule has 1 atom stereocenters. The summed E-state index contributed by atoms with van der Waals surface area (Å²) < 4.78 is 5.19.